The molecular formula is C14H26N4O2S. The van der Waals surface area contributed by atoms with Crippen molar-refractivity contribution in [1.29, 1.82) is 0 Å². The second kappa shape index (κ2) is 8.31. The smallest absolute Gasteiger partial charge is 0.246 e. The molecule has 0 aliphatic heterocycles. The van der Waals surface area contributed by atoms with E-state index in [0.29, 0.717) is 12.2 Å². The summed E-state index contributed by atoms with van der Waals surface area (Å²) in [4.78, 5) is 6.24. The fourth-order valence-electron chi connectivity index (χ4n) is 1.89. The van der Waals surface area contributed by atoms with Gasteiger partial charge in [-0.2, -0.15) is 0 Å². The number of aromatic nitrogens is 1. The first-order valence-electron chi connectivity index (χ1n) is 7.18. The average molecular weight is 314 g/mol. The van der Waals surface area contributed by atoms with Gasteiger partial charge < -0.3 is 10.2 Å². The molecule has 0 aromatic carbocycles. The normalized spacial score (nSPS) is 12.1. The lowest BCUT2D eigenvalue weighted by atomic mass is 10.4. The lowest BCUT2D eigenvalue weighted by molar-refractivity contribution is 0.370. The second-order valence-corrected chi connectivity index (χ2v) is 7.30. The summed E-state index contributed by atoms with van der Waals surface area (Å²) in [7, 11) is 2.05. The highest BCUT2D eigenvalue weighted by atomic mass is 32.2. The summed E-state index contributed by atoms with van der Waals surface area (Å²) in [6.07, 6.45) is 4.74. The van der Waals surface area contributed by atoms with Crippen molar-refractivity contribution >= 4 is 15.7 Å². The number of hydrogen-bond acceptors (Lipinski definition) is 5. The predicted molar refractivity (Wildman–Crippen MR) is 86.0 cm³/mol. The van der Waals surface area contributed by atoms with Crippen LogP contribution in [0, 0.1) is 0 Å². The molecule has 1 rings (SSSR count). The van der Waals surface area contributed by atoms with Crippen LogP contribution in [0.1, 0.15) is 19.8 Å². The first kappa shape index (κ1) is 17.9. The third-order valence-electron chi connectivity index (χ3n) is 3.12. The molecule has 0 radical (unpaired) electrons. The van der Waals surface area contributed by atoms with Crippen molar-refractivity contribution in [1.82, 2.24) is 14.2 Å². The van der Waals surface area contributed by atoms with Crippen molar-refractivity contribution in [3.63, 3.8) is 0 Å². The molecule has 6 nitrogen and oxygen atoms in total. The van der Waals surface area contributed by atoms with E-state index in [4.69, 9.17) is 0 Å². The molecule has 0 spiro atoms. The zero-order valence-corrected chi connectivity index (χ0v) is 14.2. The molecule has 0 atom stereocenters. The average Bonchev–Trinajstić information content (AvgIpc) is 2.44. The van der Waals surface area contributed by atoms with Crippen LogP contribution in [-0.2, 0) is 10.0 Å². The van der Waals surface area contributed by atoms with Crippen LogP contribution in [0.3, 0.4) is 0 Å². The van der Waals surface area contributed by atoms with Gasteiger partial charge in [0.1, 0.15) is 4.90 Å². The first-order valence-corrected chi connectivity index (χ1v) is 8.62. The number of nitrogens with zero attached hydrogens (tertiary/aromatic N) is 3. The number of hydrogen-bond donors (Lipinski definition) is 1. The van der Waals surface area contributed by atoms with E-state index in [9.17, 15) is 8.42 Å². The Balaban J connectivity index is 2.86. The van der Waals surface area contributed by atoms with E-state index in [1.54, 1.807) is 19.3 Å². The molecule has 1 heterocycles. The highest BCUT2D eigenvalue weighted by molar-refractivity contribution is 7.89. The minimum atomic E-state index is -3.51. The van der Waals surface area contributed by atoms with Crippen LogP contribution < -0.4 is 5.32 Å². The van der Waals surface area contributed by atoms with E-state index in [1.807, 2.05) is 25.9 Å². The van der Waals surface area contributed by atoms with Gasteiger partial charge in [-0.1, -0.05) is 6.92 Å². The van der Waals surface area contributed by atoms with Gasteiger partial charge in [-0.3, -0.25) is 4.98 Å². The van der Waals surface area contributed by atoms with Gasteiger partial charge in [-0.25, -0.2) is 12.7 Å². The van der Waals surface area contributed by atoms with Crippen LogP contribution in [0.15, 0.2) is 23.4 Å². The molecule has 0 bridgehead atoms. The fraction of sp³-hybridized carbons (Fsp3) is 0.643. The van der Waals surface area contributed by atoms with Gasteiger partial charge in [0.2, 0.25) is 10.0 Å². The summed E-state index contributed by atoms with van der Waals surface area (Å²) in [6.45, 7) is 4.11. The van der Waals surface area contributed by atoms with Gasteiger partial charge in [0, 0.05) is 32.5 Å². The molecule has 7 heteroatoms. The Morgan fingerprint density at radius 3 is 2.57 bits per heavy atom. The van der Waals surface area contributed by atoms with E-state index in [0.717, 1.165) is 25.9 Å². The van der Waals surface area contributed by atoms with Crippen molar-refractivity contribution in [3.8, 4) is 0 Å². The largest absolute Gasteiger partial charge is 0.384 e. The van der Waals surface area contributed by atoms with Gasteiger partial charge in [0.05, 0.1) is 5.69 Å². The number of pyridine rings is 1. The van der Waals surface area contributed by atoms with E-state index >= 15 is 0 Å². The molecule has 1 N–H and O–H groups in total. The Labute approximate surface area is 128 Å². The molecular weight excluding hydrogens is 288 g/mol. The summed E-state index contributed by atoms with van der Waals surface area (Å²) in [5, 5.41) is 3.14. The predicted octanol–water partition coefficient (Wildman–Crippen LogP) is 1.48. The zero-order valence-electron chi connectivity index (χ0n) is 13.3. The number of nitrogens with one attached hydrogen (secondary N) is 1. The lowest BCUT2D eigenvalue weighted by Gasteiger charge is -2.20. The lowest BCUT2D eigenvalue weighted by Crippen LogP contribution is -2.30. The molecule has 0 aliphatic carbocycles. The third kappa shape index (κ3) is 5.26. The third-order valence-corrected chi connectivity index (χ3v) is 5.00. The van der Waals surface area contributed by atoms with Crippen LogP contribution in [-0.4, -0.2) is 63.4 Å². The molecule has 1 aromatic heterocycles. The molecule has 0 saturated carbocycles. The van der Waals surface area contributed by atoms with Crippen molar-refractivity contribution < 1.29 is 8.42 Å². The maximum absolute atomic E-state index is 12.6. The number of anilines is 1. The SMILES string of the molecule is CCCNc1ccncc1S(=O)(=O)N(C)CCCN(C)C. The molecule has 0 unspecified atom stereocenters. The monoisotopic (exact) mass is 314 g/mol. The fourth-order valence-corrected chi connectivity index (χ4v) is 3.21. The molecule has 0 aliphatic rings. The summed E-state index contributed by atoms with van der Waals surface area (Å²) >= 11 is 0. The number of sulfonamides is 1. The minimum absolute atomic E-state index is 0.241. The van der Waals surface area contributed by atoms with Gasteiger partial charge in [-0.05, 0) is 39.5 Å². The van der Waals surface area contributed by atoms with Crippen molar-refractivity contribution in [2.24, 2.45) is 0 Å². The Morgan fingerprint density at radius 2 is 1.95 bits per heavy atom. The quantitative estimate of drug-likeness (QED) is 0.748. The van der Waals surface area contributed by atoms with Crippen LogP contribution >= 0.6 is 0 Å². The van der Waals surface area contributed by atoms with Crippen molar-refractivity contribution in [2.45, 2.75) is 24.7 Å². The maximum atomic E-state index is 12.6. The van der Waals surface area contributed by atoms with E-state index in [2.05, 4.69) is 10.3 Å². The Kier molecular flexibility index (Phi) is 7.07. The van der Waals surface area contributed by atoms with Gasteiger partial charge in [-0.15, -0.1) is 0 Å². The van der Waals surface area contributed by atoms with E-state index < -0.39 is 10.0 Å². The Morgan fingerprint density at radius 1 is 1.24 bits per heavy atom. The maximum Gasteiger partial charge on any atom is 0.246 e. The number of rotatable bonds is 9. The standard InChI is InChI=1S/C14H26N4O2S/c1-5-8-16-13-7-9-15-12-14(13)21(19,20)18(4)11-6-10-17(2)3/h7,9,12H,5-6,8,10-11H2,1-4H3,(H,15,16). The molecule has 120 valence electrons. The Bertz CT molecular complexity index is 532. The summed E-state index contributed by atoms with van der Waals surface area (Å²) in [6, 6.07) is 1.70. The van der Waals surface area contributed by atoms with Crippen molar-refractivity contribution in [3.05, 3.63) is 18.5 Å². The minimum Gasteiger partial charge on any atom is -0.384 e. The highest BCUT2D eigenvalue weighted by Crippen LogP contribution is 2.22. The van der Waals surface area contributed by atoms with Crippen LogP contribution in [0.5, 0.6) is 0 Å². The molecule has 0 fully saturated rings. The topological polar surface area (TPSA) is 65.5 Å². The molecule has 0 amide bonds. The molecule has 1 aromatic rings. The van der Waals surface area contributed by atoms with Crippen LogP contribution in [0.2, 0.25) is 0 Å². The van der Waals surface area contributed by atoms with Crippen LogP contribution in [0.4, 0.5) is 5.69 Å². The Hall–Kier alpha value is -1.18. The second-order valence-electron chi connectivity index (χ2n) is 5.28. The van der Waals surface area contributed by atoms with E-state index in [1.165, 1.54) is 10.5 Å². The summed E-state index contributed by atoms with van der Waals surface area (Å²) in [5.41, 5.74) is 0.617. The highest BCUT2D eigenvalue weighted by Gasteiger charge is 2.23. The van der Waals surface area contributed by atoms with Gasteiger partial charge >= 0.3 is 0 Å². The first-order chi connectivity index (χ1) is 9.89. The summed E-state index contributed by atoms with van der Waals surface area (Å²) < 4.78 is 26.6. The molecule has 21 heavy (non-hydrogen) atoms. The van der Waals surface area contributed by atoms with Gasteiger partial charge in [0.15, 0.2) is 0 Å². The zero-order chi connectivity index (χ0) is 15.9. The van der Waals surface area contributed by atoms with E-state index in [-0.39, 0.29) is 4.90 Å². The van der Waals surface area contributed by atoms with Crippen molar-refractivity contribution in [2.75, 3.05) is 46.1 Å². The van der Waals surface area contributed by atoms with Crippen LogP contribution in [0.25, 0.3) is 0 Å². The van der Waals surface area contributed by atoms with Gasteiger partial charge in [0.25, 0.3) is 0 Å². The molecule has 0 saturated heterocycles. The summed E-state index contributed by atoms with van der Waals surface area (Å²) in [5.74, 6) is 0.